The van der Waals surface area contributed by atoms with Crippen molar-refractivity contribution in [3.63, 3.8) is 0 Å². The zero-order valence-electron chi connectivity index (χ0n) is 17.1. The minimum Gasteiger partial charge on any atom is -0.464 e. The largest absolute Gasteiger partial charge is 0.464 e. The molecule has 3 aromatic carbocycles. The first-order valence-corrected chi connectivity index (χ1v) is 11.3. The number of sulfonamides is 1. The molecule has 8 nitrogen and oxygen atoms in total. The molecular weight excluding hydrogens is 432 g/mol. The Hall–Kier alpha value is -3.69. The highest BCUT2D eigenvalue weighted by atomic mass is 32.2. The number of amides is 1. The summed E-state index contributed by atoms with van der Waals surface area (Å²) >= 11 is 0. The number of esters is 1. The van der Waals surface area contributed by atoms with Gasteiger partial charge in [0.05, 0.1) is 17.6 Å². The first-order valence-electron chi connectivity index (χ1n) is 9.73. The van der Waals surface area contributed by atoms with Crippen LogP contribution in [0.4, 0.5) is 5.69 Å². The predicted molar refractivity (Wildman–Crippen MR) is 119 cm³/mol. The van der Waals surface area contributed by atoms with Gasteiger partial charge in [0.15, 0.2) is 6.10 Å². The molecule has 0 bridgehead atoms. The van der Waals surface area contributed by atoms with Crippen LogP contribution in [0.25, 0.3) is 21.7 Å². The molecule has 0 aliphatic rings. The third-order valence-electron chi connectivity index (χ3n) is 5.00. The van der Waals surface area contributed by atoms with Crippen LogP contribution in [0.15, 0.2) is 76.2 Å². The third-order valence-corrected chi connectivity index (χ3v) is 5.93. The number of hydrogen-bond donors (Lipinski definition) is 2. The highest BCUT2D eigenvalue weighted by molar-refractivity contribution is 7.89. The van der Waals surface area contributed by atoms with E-state index in [2.05, 4.69) is 5.32 Å². The highest BCUT2D eigenvalue weighted by Crippen LogP contribution is 2.30. The van der Waals surface area contributed by atoms with E-state index in [1.54, 1.807) is 0 Å². The fraction of sp³-hybridized carbons (Fsp3) is 0.130. The zero-order chi connectivity index (χ0) is 22.9. The quantitative estimate of drug-likeness (QED) is 0.432. The van der Waals surface area contributed by atoms with Gasteiger partial charge in [0, 0.05) is 16.6 Å². The molecule has 0 saturated carbocycles. The third kappa shape index (κ3) is 4.48. The molecule has 1 heterocycles. The number of carbonyl (C=O) groups is 2. The van der Waals surface area contributed by atoms with Crippen molar-refractivity contribution in [3.05, 3.63) is 72.5 Å². The predicted octanol–water partition coefficient (Wildman–Crippen LogP) is 3.35. The van der Waals surface area contributed by atoms with Gasteiger partial charge in [-0.1, -0.05) is 30.3 Å². The number of hydrogen-bond acceptors (Lipinski definition) is 6. The molecule has 1 amide bonds. The Morgan fingerprint density at radius 1 is 1.06 bits per heavy atom. The lowest BCUT2D eigenvalue weighted by Gasteiger charge is -2.13. The summed E-state index contributed by atoms with van der Waals surface area (Å²) in [5.41, 5.74) is 1.69. The molecule has 4 aromatic rings. The van der Waals surface area contributed by atoms with E-state index in [4.69, 9.17) is 14.3 Å². The molecule has 0 aliphatic carbocycles. The fourth-order valence-electron chi connectivity index (χ4n) is 3.42. The van der Waals surface area contributed by atoms with Crippen LogP contribution in [0.1, 0.15) is 12.5 Å². The van der Waals surface area contributed by atoms with E-state index in [1.165, 1.54) is 37.5 Å². The van der Waals surface area contributed by atoms with Crippen molar-refractivity contribution in [3.8, 4) is 0 Å². The second kappa shape index (κ2) is 8.45. The normalized spacial score (nSPS) is 12.6. The summed E-state index contributed by atoms with van der Waals surface area (Å²) < 4.78 is 33.5. The average molecular weight is 452 g/mol. The van der Waals surface area contributed by atoms with Gasteiger partial charge in [0.25, 0.3) is 5.91 Å². The molecule has 4 rings (SSSR count). The number of carbonyl (C=O) groups excluding carboxylic acids is 2. The van der Waals surface area contributed by atoms with Crippen molar-refractivity contribution in [2.24, 2.45) is 5.14 Å². The Balaban J connectivity index is 1.43. The van der Waals surface area contributed by atoms with E-state index < -0.39 is 28.0 Å². The van der Waals surface area contributed by atoms with E-state index in [1.807, 2.05) is 36.4 Å². The maximum Gasteiger partial charge on any atom is 0.311 e. The Kier molecular flexibility index (Phi) is 5.68. The number of benzene rings is 3. The molecular formula is C23H20N2O6S. The van der Waals surface area contributed by atoms with Gasteiger partial charge in [-0.2, -0.15) is 0 Å². The van der Waals surface area contributed by atoms with Crippen LogP contribution in [0.5, 0.6) is 0 Å². The van der Waals surface area contributed by atoms with Crippen LogP contribution in [0, 0.1) is 0 Å². The van der Waals surface area contributed by atoms with Crippen molar-refractivity contribution >= 4 is 49.3 Å². The van der Waals surface area contributed by atoms with Crippen LogP contribution >= 0.6 is 0 Å². The maximum atomic E-state index is 12.5. The second-order valence-electron chi connectivity index (χ2n) is 7.29. The van der Waals surface area contributed by atoms with E-state index in [9.17, 15) is 18.0 Å². The first-order chi connectivity index (χ1) is 15.2. The number of nitrogens with two attached hydrogens (primary N) is 1. The lowest BCUT2D eigenvalue weighted by molar-refractivity contribution is -0.152. The van der Waals surface area contributed by atoms with Gasteiger partial charge in [-0.15, -0.1) is 0 Å². The van der Waals surface area contributed by atoms with E-state index in [0.29, 0.717) is 16.8 Å². The molecule has 1 unspecified atom stereocenters. The van der Waals surface area contributed by atoms with Crippen LogP contribution in [-0.2, 0) is 30.8 Å². The molecule has 32 heavy (non-hydrogen) atoms. The van der Waals surface area contributed by atoms with Crippen LogP contribution in [0.3, 0.4) is 0 Å². The summed E-state index contributed by atoms with van der Waals surface area (Å²) in [6.45, 7) is 1.45. The van der Waals surface area contributed by atoms with Crippen LogP contribution in [-0.4, -0.2) is 26.4 Å². The minimum atomic E-state index is -3.82. The summed E-state index contributed by atoms with van der Waals surface area (Å²) in [6, 6.07) is 16.9. The molecule has 3 N–H and O–H groups in total. The second-order valence-corrected chi connectivity index (χ2v) is 8.85. The first kappa shape index (κ1) is 21.5. The summed E-state index contributed by atoms with van der Waals surface area (Å²) in [5, 5.41) is 10.5. The summed E-state index contributed by atoms with van der Waals surface area (Å²) in [5.74, 6) is -1.13. The Labute approximate surface area is 184 Å². The van der Waals surface area contributed by atoms with Gasteiger partial charge in [0.1, 0.15) is 5.58 Å². The SMILES string of the molecule is CC(OC(=O)Cc1coc2ccc3ccccc3c12)C(=O)Nc1ccc(S(N)(=O)=O)cc1. The molecule has 0 spiro atoms. The van der Waals surface area contributed by atoms with Crippen LogP contribution in [0.2, 0.25) is 0 Å². The number of rotatable bonds is 6. The van der Waals surface area contributed by atoms with Gasteiger partial charge in [-0.05, 0) is 48.0 Å². The summed E-state index contributed by atoms with van der Waals surface area (Å²) in [6.07, 6.45) is 0.410. The lowest BCUT2D eigenvalue weighted by Crippen LogP contribution is -2.30. The van der Waals surface area contributed by atoms with Crippen molar-refractivity contribution in [2.75, 3.05) is 5.32 Å². The van der Waals surface area contributed by atoms with Gasteiger partial charge >= 0.3 is 5.97 Å². The number of ether oxygens (including phenoxy) is 1. The van der Waals surface area contributed by atoms with Gasteiger partial charge in [-0.25, -0.2) is 13.6 Å². The molecule has 164 valence electrons. The Morgan fingerprint density at radius 2 is 1.78 bits per heavy atom. The summed E-state index contributed by atoms with van der Waals surface area (Å²) in [4.78, 5) is 24.8. The molecule has 0 aliphatic heterocycles. The van der Waals surface area contributed by atoms with Crippen molar-refractivity contribution in [1.29, 1.82) is 0 Å². The van der Waals surface area contributed by atoms with Crippen LogP contribution < -0.4 is 10.5 Å². The topological polar surface area (TPSA) is 129 Å². The average Bonchev–Trinajstić information content (AvgIpc) is 3.16. The van der Waals surface area contributed by atoms with Gasteiger partial charge < -0.3 is 14.5 Å². The maximum absolute atomic E-state index is 12.5. The molecule has 0 fully saturated rings. The van der Waals surface area contributed by atoms with Crippen molar-refractivity contribution in [1.82, 2.24) is 0 Å². The Bertz CT molecular complexity index is 1420. The van der Waals surface area contributed by atoms with Crippen molar-refractivity contribution < 1.29 is 27.2 Å². The smallest absolute Gasteiger partial charge is 0.311 e. The number of anilines is 1. The molecule has 9 heteroatoms. The van der Waals surface area contributed by atoms with Crippen molar-refractivity contribution in [2.45, 2.75) is 24.3 Å². The lowest BCUT2D eigenvalue weighted by atomic mass is 10.0. The summed E-state index contributed by atoms with van der Waals surface area (Å²) in [7, 11) is -3.82. The monoisotopic (exact) mass is 452 g/mol. The van der Waals surface area contributed by atoms with Gasteiger partial charge in [0.2, 0.25) is 10.0 Å². The molecule has 1 atom stereocenters. The fourth-order valence-corrected chi connectivity index (χ4v) is 3.94. The number of primary sulfonamides is 1. The minimum absolute atomic E-state index is 0.0539. The van der Waals surface area contributed by atoms with Gasteiger partial charge in [-0.3, -0.25) is 9.59 Å². The highest BCUT2D eigenvalue weighted by Gasteiger charge is 2.20. The standard InChI is InChI=1S/C23H20N2O6S/c1-14(23(27)25-17-7-9-18(10-8-17)32(24,28)29)31-21(26)12-16-13-30-20-11-6-15-4-2-3-5-19(15)22(16)20/h2-11,13-14H,12H2,1H3,(H,25,27)(H2,24,28,29). The zero-order valence-corrected chi connectivity index (χ0v) is 17.9. The van der Waals surface area contributed by atoms with E-state index in [-0.39, 0.29) is 11.3 Å². The van der Waals surface area contributed by atoms with E-state index >= 15 is 0 Å². The number of furan rings is 1. The van der Waals surface area contributed by atoms with E-state index in [0.717, 1.165) is 16.2 Å². The molecule has 0 radical (unpaired) electrons. The molecule has 1 aromatic heterocycles. The number of fused-ring (bicyclic) bond motifs is 3. The number of nitrogens with one attached hydrogen (secondary N) is 1. The Morgan fingerprint density at radius 3 is 2.50 bits per heavy atom. The molecule has 0 saturated heterocycles.